The van der Waals surface area contributed by atoms with Crippen molar-refractivity contribution >= 4 is 11.8 Å². The molecule has 0 heterocycles. The van der Waals surface area contributed by atoms with Gasteiger partial charge in [-0.2, -0.15) is 13.2 Å². The molecule has 0 unspecified atom stereocenters. The summed E-state index contributed by atoms with van der Waals surface area (Å²) in [5, 5.41) is 0. The van der Waals surface area contributed by atoms with Gasteiger partial charge < -0.3 is 5.73 Å². The predicted molar refractivity (Wildman–Crippen MR) is 62.3 cm³/mol. The molecule has 16 heavy (non-hydrogen) atoms. The summed E-state index contributed by atoms with van der Waals surface area (Å²) in [5.74, 6) is 0.153. The van der Waals surface area contributed by atoms with Crippen LogP contribution >= 0.6 is 11.8 Å². The molecule has 2 N–H and O–H groups in total. The molecule has 1 fully saturated rings. The van der Waals surface area contributed by atoms with Crippen LogP contribution in [0.4, 0.5) is 13.2 Å². The molecular formula is C11H20F3NS. The van der Waals surface area contributed by atoms with Crippen LogP contribution in [0.3, 0.4) is 0 Å². The number of hydrogen-bond acceptors (Lipinski definition) is 2. The first-order valence-electron chi connectivity index (χ1n) is 5.88. The van der Waals surface area contributed by atoms with E-state index in [0.717, 1.165) is 25.7 Å². The Morgan fingerprint density at radius 1 is 1.06 bits per heavy atom. The average molecular weight is 255 g/mol. The van der Waals surface area contributed by atoms with Crippen molar-refractivity contribution in [3.05, 3.63) is 0 Å². The number of rotatable bonds is 4. The second kappa shape index (κ2) is 6.15. The molecule has 1 aliphatic rings. The summed E-state index contributed by atoms with van der Waals surface area (Å²) >= 11 is 0.0924. The average Bonchev–Trinajstić information content (AvgIpc) is 2.42. The minimum absolute atomic E-state index is 0.0191. The van der Waals surface area contributed by atoms with Crippen molar-refractivity contribution in [2.45, 2.75) is 50.5 Å². The molecule has 0 atom stereocenters. The van der Waals surface area contributed by atoms with E-state index < -0.39 is 5.51 Å². The van der Waals surface area contributed by atoms with Crippen LogP contribution in [0.5, 0.6) is 0 Å². The van der Waals surface area contributed by atoms with Crippen LogP contribution in [0.2, 0.25) is 0 Å². The lowest BCUT2D eigenvalue weighted by Gasteiger charge is -2.31. The Labute approximate surface area is 99.3 Å². The normalized spacial score (nSPS) is 21.8. The highest BCUT2D eigenvalue weighted by Gasteiger charge is 2.33. The van der Waals surface area contributed by atoms with Gasteiger partial charge in [-0.25, -0.2) is 0 Å². The Hall–Kier alpha value is 0.100. The van der Waals surface area contributed by atoms with Gasteiger partial charge in [0.1, 0.15) is 0 Å². The van der Waals surface area contributed by atoms with Crippen LogP contribution in [0, 0.1) is 5.41 Å². The van der Waals surface area contributed by atoms with Crippen molar-refractivity contribution < 1.29 is 13.2 Å². The van der Waals surface area contributed by atoms with Gasteiger partial charge in [-0.1, -0.05) is 37.4 Å². The van der Waals surface area contributed by atoms with Crippen molar-refractivity contribution in [1.82, 2.24) is 0 Å². The van der Waals surface area contributed by atoms with Crippen molar-refractivity contribution in [3.8, 4) is 0 Å². The summed E-state index contributed by atoms with van der Waals surface area (Å²) in [6.07, 6.45) is 7.25. The Bertz CT molecular complexity index is 198. The van der Waals surface area contributed by atoms with E-state index in [4.69, 9.17) is 5.73 Å². The first-order valence-corrected chi connectivity index (χ1v) is 6.87. The van der Waals surface area contributed by atoms with E-state index in [9.17, 15) is 13.2 Å². The van der Waals surface area contributed by atoms with Gasteiger partial charge in [0.15, 0.2) is 0 Å². The van der Waals surface area contributed by atoms with Crippen LogP contribution in [-0.2, 0) is 0 Å². The van der Waals surface area contributed by atoms with Gasteiger partial charge >= 0.3 is 5.51 Å². The number of hydrogen-bond donors (Lipinski definition) is 1. The van der Waals surface area contributed by atoms with E-state index in [1.807, 2.05) is 0 Å². The number of nitrogens with two attached hydrogens (primary N) is 1. The van der Waals surface area contributed by atoms with Crippen LogP contribution in [0.1, 0.15) is 44.9 Å². The maximum absolute atomic E-state index is 12.1. The molecular weight excluding hydrogens is 235 g/mol. The first kappa shape index (κ1) is 14.2. The largest absolute Gasteiger partial charge is 0.441 e. The molecule has 96 valence electrons. The molecule has 1 rings (SSSR count). The standard InChI is InChI=1S/C11H20F3NS/c12-11(13,14)16-8-7-10(9-15)5-3-1-2-4-6-10/h1-9,15H2. The molecule has 1 nitrogen and oxygen atoms in total. The lowest BCUT2D eigenvalue weighted by atomic mass is 9.78. The second-order valence-electron chi connectivity index (χ2n) is 4.66. The SMILES string of the molecule is NCC1(CCSC(F)(F)F)CCCCCC1. The summed E-state index contributed by atoms with van der Waals surface area (Å²) in [5.41, 5.74) is 1.65. The molecule has 0 amide bonds. The van der Waals surface area contributed by atoms with Crippen LogP contribution in [-0.4, -0.2) is 17.8 Å². The lowest BCUT2D eigenvalue weighted by molar-refractivity contribution is -0.0329. The predicted octanol–water partition coefficient (Wildman–Crippen LogP) is 3.93. The minimum Gasteiger partial charge on any atom is -0.330 e. The van der Waals surface area contributed by atoms with E-state index in [-0.39, 0.29) is 22.9 Å². The Balaban J connectivity index is 2.39. The third-order valence-corrected chi connectivity index (χ3v) is 4.23. The summed E-state index contributed by atoms with van der Waals surface area (Å²) < 4.78 is 36.2. The van der Waals surface area contributed by atoms with Gasteiger partial charge in [0.2, 0.25) is 0 Å². The van der Waals surface area contributed by atoms with Crippen molar-refractivity contribution in [3.63, 3.8) is 0 Å². The molecule has 1 aliphatic carbocycles. The molecule has 0 saturated heterocycles. The smallest absolute Gasteiger partial charge is 0.330 e. The number of alkyl halides is 3. The van der Waals surface area contributed by atoms with E-state index in [0.29, 0.717) is 13.0 Å². The third-order valence-electron chi connectivity index (χ3n) is 3.50. The molecule has 0 bridgehead atoms. The van der Waals surface area contributed by atoms with Crippen LogP contribution in [0.15, 0.2) is 0 Å². The number of halogens is 3. The summed E-state index contributed by atoms with van der Waals surface area (Å²) in [4.78, 5) is 0. The highest BCUT2D eigenvalue weighted by Crippen LogP contribution is 2.40. The fraction of sp³-hybridized carbons (Fsp3) is 1.00. The van der Waals surface area contributed by atoms with Gasteiger partial charge in [0.25, 0.3) is 0 Å². The molecule has 0 aromatic heterocycles. The molecule has 0 aromatic carbocycles. The van der Waals surface area contributed by atoms with Crippen LogP contribution < -0.4 is 5.73 Å². The molecule has 0 aromatic rings. The lowest BCUT2D eigenvalue weighted by Crippen LogP contribution is -2.31. The van der Waals surface area contributed by atoms with Crippen LogP contribution in [0.25, 0.3) is 0 Å². The van der Waals surface area contributed by atoms with E-state index in [2.05, 4.69) is 0 Å². The zero-order valence-electron chi connectivity index (χ0n) is 9.48. The molecule has 5 heteroatoms. The molecule has 1 saturated carbocycles. The molecule has 0 spiro atoms. The summed E-state index contributed by atoms with van der Waals surface area (Å²) in [6.45, 7) is 0.533. The van der Waals surface area contributed by atoms with E-state index in [1.54, 1.807) is 0 Å². The Morgan fingerprint density at radius 2 is 1.62 bits per heavy atom. The summed E-state index contributed by atoms with van der Waals surface area (Å²) in [6, 6.07) is 0. The molecule has 0 aliphatic heterocycles. The first-order chi connectivity index (χ1) is 7.47. The van der Waals surface area contributed by atoms with Gasteiger partial charge in [-0.05, 0) is 31.2 Å². The van der Waals surface area contributed by atoms with Gasteiger partial charge in [-0.15, -0.1) is 0 Å². The Morgan fingerprint density at radius 3 is 2.06 bits per heavy atom. The zero-order valence-corrected chi connectivity index (χ0v) is 10.3. The highest BCUT2D eigenvalue weighted by atomic mass is 32.2. The van der Waals surface area contributed by atoms with E-state index in [1.165, 1.54) is 12.8 Å². The maximum Gasteiger partial charge on any atom is 0.441 e. The highest BCUT2D eigenvalue weighted by molar-refractivity contribution is 8.00. The van der Waals surface area contributed by atoms with Crippen molar-refractivity contribution in [1.29, 1.82) is 0 Å². The second-order valence-corrected chi connectivity index (χ2v) is 5.82. The van der Waals surface area contributed by atoms with Gasteiger partial charge in [0.05, 0.1) is 0 Å². The monoisotopic (exact) mass is 255 g/mol. The van der Waals surface area contributed by atoms with Gasteiger partial charge in [0, 0.05) is 5.75 Å². The number of thioether (sulfide) groups is 1. The molecule has 0 radical (unpaired) electrons. The van der Waals surface area contributed by atoms with E-state index >= 15 is 0 Å². The van der Waals surface area contributed by atoms with Crippen molar-refractivity contribution in [2.24, 2.45) is 11.1 Å². The minimum atomic E-state index is -4.10. The maximum atomic E-state index is 12.1. The topological polar surface area (TPSA) is 26.0 Å². The zero-order chi connectivity index (χ0) is 12.1. The quantitative estimate of drug-likeness (QED) is 0.770. The summed E-state index contributed by atoms with van der Waals surface area (Å²) in [7, 11) is 0. The third kappa shape index (κ3) is 4.95. The van der Waals surface area contributed by atoms with Crippen molar-refractivity contribution in [2.75, 3.05) is 12.3 Å². The fourth-order valence-corrected chi connectivity index (χ4v) is 3.18. The Kier molecular flexibility index (Phi) is 5.44. The van der Waals surface area contributed by atoms with Gasteiger partial charge in [-0.3, -0.25) is 0 Å². The fourth-order valence-electron chi connectivity index (χ4n) is 2.42.